The van der Waals surface area contributed by atoms with Gasteiger partial charge in [0.2, 0.25) is 5.91 Å². The molecule has 1 unspecified atom stereocenters. The van der Waals surface area contributed by atoms with E-state index in [1.54, 1.807) is 12.1 Å². The summed E-state index contributed by atoms with van der Waals surface area (Å²) in [6, 6.07) is 5.84. The molecule has 1 aromatic heterocycles. The van der Waals surface area contributed by atoms with Crippen molar-refractivity contribution in [1.29, 1.82) is 0 Å². The molecule has 9 heteroatoms. The van der Waals surface area contributed by atoms with Crippen molar-refractivity contribution < 1.29 is 28.6 Å². The summed E-state index contributed by atoms with van der Waals surface area (Å²) in [5, 5.41) is 11.5. The largest absolute Gasteiger partial charge is 0.442 e. The van der Waals surface area contributed by atoms with Gasteiger partial charge in [0.05, 0.1) is 18.8 Å². The molecule has 142 valence electrons. The maximum atomic E-state index is 14.6. The van der Waals surface area contributed by atoms with Gasteiger partial charge in [0.15, 0.2) is 0 Å². The van der Waals surface area contributed by atoms with Gasteiger partial charge in [-0.25, -0.2) is 9.18 Å². The number of hydrogen-bond donors (Lipinski definition) is 2. The highest BCUT2D eigenvalue weighted by atomic mass is 19.1. The van der Waals surface area contributed by atoms with Gasteiger partial charge in [-0.1, -0.05) is 0 Å². The summed E-state index contributed by atoms with van der Waals surface area (Å²) in [5.41, 5.74) is 1.05. The second-order valence-corrected chi connectivity index (χ2v) is 6.08. The van der Waals surface area contributed by atoms with Gasteiger partial charge >= 0.3 is 6.09 Å². The summed E-state index contributed by atoms with van der Waals surface area (Å²) in [4.78, 5) is 35.7. The van der Waals surface area contributed by atoms with Gasteiger partial charge in [0.25, 0.3) is 5.91 Å². The van der Waals surface area contributed by atoms with E-state index in [0.717, 1.165) is 0 Å². The minimum absolute atomic E-state index is 0.185. The van der Waals surface area contributed by atoms with Crippen LogP contribution in [-0.4, -0.2) is 53.4 Å². The molecule has 1 atom stereocenters. The molecule has 1 aromatic carbocycles. The minimum atomic E-state index is -0.647. The van der Waals surface area contributed by atoms with Crippen molar-refractivity contribution in [2.75, 3.05) is 24.6 Å². The summed E-state index contributed by atoms with van der Waals surface area (Å²) < 4.78 is 20.9. The van der Waals surface area contributed by atoms with Gasteiger partial charge in [-0.2, -0.15) is 0 Å². The number of nitrogens with zero attached hydrogens (tertiary/aromatic N) is 2. The van der Waals surface area contributed by atoms with Crippen molar-refractivity contribution in [2.45, 2.75) is 13.0 Å². The number of cyclic esters (lactones) is 1. The van der Waals surface area contributed by atoms with Gasteiger partial charge in [0, 0.05) is 30.4 Å². The lowest BCUT2D eigenvalue weighted by molar-refractivity contribution is -0.119. The summed E-state index contributed by atoms with van der Waals surface area (Å²) in [6.07, 6.45) is 1.73. The van der Waals surface area contributed by atoms with Crippen molar-refractivity contribution in [3.8, 4) is 11.1 Å². The third-order valence-corrected chi connectivity index (χ3v) is 4.14. The Labute approximate surface area is 154 Å². The van der Waals surface area contributed by atoms with Gasteiger partial charge in [-0.05, 0) is 24.3 Å². The zero-order chi connectivity index (χ0) is 19.6. The predicted octanol–water partition coefficient (Wildman–Crippen LogP) is 1.39. The number of ether oxygens (including phenoxy) is 1. The lowest BCUT2D eigenvalue weighted by Crippen LogP contribution is -2.33. The Balaban J connectivity index is 1.77. The van der Waals surface area contributed by atoms with E-state index in [4.69, 9.17) is 9.84 Å². The molecule has 0 aliphatic carbocycles. The summed E-state index contributed by atoms with van der Waals surface area (Å²) in [7, 11) is 0. The molecule has 0 spiro atoms. The van der Waals surface area contributed by atoms with E-state index in [0.29, 0.717) is 11.3 Å². The minimum Gasteiger partial charge on any atom is -0.442 e. The molecule has 27 heavy (non-hydrogen) atoms. The van der Waals surface area contributed by atoms with Crippen LogP contribution in [0.25, 0.3) is 11.1 Å². The molecular weight excluding hydrogens is 357 g/mol. The van der Waals surface area contributed by atoms with Crippen LogP contribution in [-0.2, 0) is 9.53 Å². The fourth-order valence-corrected chi connectivity index (χ4v) is 2.79. The van der Waals surface area contributed by atoms with Crippen molar-refractivity contribution >= 4 is 23.6 Å². The monoisotopic (exact) mass is 375 g/mol. The SMILES string of the molecule is CC(=O)NCC1CN(c2ccc(-c3ccn(C(=O)CO)c3)c(F)c2)C(=O)O1. The average molecular weight is 375 g/mol. The van der Waals surface area contributed by atoms with Crippen LogP contribution in [0.15, 0.2) is 36.7 Å². The molecule has 1 fully saturated rings. The van der Waals surface area contributed by atoms with Crippen LogP contribution in [0.2, 0.25) is 0 Å². The van der Waals surface area contributed by atoms with E-state index in [2.05, 4.69) is 5.32 Å². The highest BCUT2D eigenvalue weighted by molar-refractivity contribution is 5.90. The quantitative estimate of drug-likeness (QED) is 0.823. The molecule has 0 radical (unpaired) electrons. The van der Waals surface area contributed by atoms with Crippen LogP contribution in [0.3, 0.4) is 0 Å². The number of nitrogens with one attached hydrogen (secondary N) is 1. The van der Waals surface area contributed by atoms with E-state index in [1.807, 2.05) is 0 Å². The highest BCUT2D eigenvalue weighted by Gasteiger charge is 2.32. The molecule has 8 nitrogen and oxygen atoms in total. The van der Waals surface area contributed by atoms with E-state index in [9.17, 15) is 18.8 Å². The fourth-order valence-electron chi connectivity index (χ4n) is 2.79. The molecule has 2 N–H and O–H groups in total. The summed E-state index contributed by atoms with van der Waals surface area (Å²) >= 11 is 0. The standard InChI is InChI=1S/C18H18FN3O5/c1-11(24)20-7-14-9-22(18(26)27-14)13-2-3-15(16(19)6-13)12-4-5-21(8-12)17(25)10-23/h2-6,8,14,23H,7,9-10H2,1H3,(H,20,24). The number of aromatic nitrogens is 1. The van der Waals surface area contributed by atoms with Crippen LogP contribution in [0.4, 0.5) is 14.9 Å². The van der Waals surface area contributed by atoms with Crippen LogP contribution in [0, 0.1) is 5.82 Å². The number of anilines is 1. The first kappa shape index (κ1) is 18.6. The van der Waals surface area contributed by atoms with Crippen molar-refractivity contribution in [1.82, 2.24) is 9.88 Å². The summed E-state index contributed by atoms with van der Waals surface area (Å²) in [6.45, 7) is 1.10. The molecule has 3 rings (SSSR count). The number of rotatable bonds is 5. The topological polar surface area (TPSA) is 101 Å². The Bertz CT molecular complexity index is 895. The Morgan fingerprint density at radius 2 is 2.15 bits per heavy atom. The van der Waals surface area contributed by atoms with Crippen LogP contribution < -0.4 is 10.2 Å². The molecule has 1 aliphatic rings. The fraction of sp³-hybridized carbons (Fsp3) is 0.278. The predicted molar refractivity (Wildman–Crippen MR) is 93.8 cm³/mol. The van der Waals surface area contributed by atoms with Crippen molar-refractivity contribution in [3.05, 3.63) is 42.5 Å². The lowest BCUT2D eigenvalue weighted by Gasteiger charge is -2.14. The van der Waals surface area contributed by atoms with Crippen LogP contribution in [0.1, 0.15) is 11.7 Å². The first-order valence-corrected chi connectivity index (χ1v) is 8.23. The van der Waals surface area contributed by atoms with Gasteiger partial charge < -0.3 is 15.2 Å². The molecule has 2 heterocycles. The Hall–Kier alpha value is -3.20. The normalized spacial score (nSPS) is 16.3. The molecule has 0 saturated carbocycles. The number of aliphatic hydroxyl groups is 1. The molecule has 0 bridgehead atoms. The highest BCUT2D eigenvalue weighted by Crippen LogP contribution is 2.29. The van der Waals surface area contributed by atoms with Crippen molar-refractivity contribution in [2.24, 2.45) is 0 Å². The number of carbonyl (C=O) groups excluding carboxylic acids is 3. The Kier molecular flexibility index (Phi) is 5.22. The number of hydrogen-bond acceptors (Lipinski definition) is 5. The average Bonchev–Trinajstić information content (AvgIpc) is 3.26. The first-order valence-electron chi connectivity index (χ1n) is 8.23. The Morgan fingerprint density at radius 3 is 2.81 bits per heavy atom. The third kappa shape index (κ3) is 3.98. The van der Waals surface area contributed by atoms with Crippen molar-refractivity contribution in [3.63, 3.8) is 0 Å². The van der Waals surface area contributed by atoms with E-state index >= 15 is 0 Å². The number of halogens is 1. The number of aliphatic hydroxyl groups excluding tert-OH is 1. The smallest absolute Gasteiger partial charge is 0.414 e. The van der Waals surface area contributed by atoms with Gasteiger partial charge in [-0.15, -0.1) is 0 Å². The number of amides is 2. The number of benzene rings is 1. The van der Waals surface area contributed by atoms with Crippen LogP contribution >= 0.6 is 0 Å². The molecule has 1 saturated heterocycles. The summed E-state index contributed by atoms with van der Waals surface area (Å²) in [5.74, 6) is -1.32. The van der Waals surface area contributed by atoms with Gasteiger partial charge in [-0.3, -0.25) is 19.1 Å². The lowest BCUT2D eigenvalue weighted by atomic mass is 10.1. The maximum absolute atomic E-state index is 14.6. The third-order valence-electron chi connectivity index (χ3n) is 4.14. The second-order valence-electron chi connectivity index (χ2n) is 6.08. The first-order chi connectivity index (χ1) is 12.9. The van der Waals surface area contributed by atoms with E-state index in [-0.39, 0.29) is 24.6 Å². The zero-order valence-electron chi connectivity index (χ0n) is 14.5. The van der Waals surface area contributed by atoms with Gasteiger partial charge in [0.1, 0.15) is 18.5 Å². The second kappa shape index (κ2) is 7.58. The Morgan fingerprint density at radius 1 is 1.37 bits per heavy atom. The zero-order valence-corrected chi connectivity index (χ0v) is 14.5. The molecule has 2 amide bonds. The van der Waals surface area contributed by atoms with E-state index in [1.165, 1.54) is 40.9 Å². The maximum Gasteiger partial charge on any atom is 0.414 e. The van der Waals surface area contributed by atoms with Crippen LogP contribution in [0.5, 0.6) is 0 Å². The molecule has 2 aromatic rings. The molecular formula is C18H18FN3O5. The molecule has 1 aliphatic heterocycles. The van der Waals surface area contributed by atoms with E-state index < -0.39 is 30.5 Å². The number of carbonyl (C=O) groups is 3.